The molecule has 0 amide bonds. The van der Waals surface area contributed by atoms with Crippen LogP contribution in [0.3, 0.4) is 0 Å². The Kier molecular flexibility index (Phi) is 13.5. The van der Waals surface area contributed by atoms with Crippen molar-refractivity contribution in [1.82, 2.24) is 0 Å². The van der Waals surface area contributed by atoms with Crippen LogP contribution in [0.2, 0.25) is 0 Å². The van der Waals surface area contributed by atoms with Crippen LogP contribution in [0.4, 0.5) is 0 Å². The van der Waals surface area contributed by atoms with Gasteiger partial charge in [-0.1, -0.05) is 116 Å². The summed E-state index contributed by atoms with van der Waals surface area (Å²) in [6.07, 6.45) is 27.7. The van der Waals surface area contributed by atoms with Gasteiger partial charge in [0.05, 0.1) is 0 Å². The summed E-state index contributed by atoms with van der Waals surface area (Å²) in [7, 11) is 0. The van der Waals surface area contributed by atoms with E-state index in [4.69, 9.17) is 11.8 Å². The van der Waals surface area contributed by atoms with Crippen LogP contribution in [0.1, 0.15) is 136 Å². The van der Waals surface area contributed by atoms with Gasteiger partial charge in [0.25, 0.3) is 0 Å². The summed E-state index contributed by atoms with van der Waals surface area (Å²) in [6, 6.07) is 0. The van der Waals surface area contributed by atoms with Gasteiger partial charge < -0.3 is 0 Å². The zero-order valence-electron chi connectivity index (χ0n) is 19.1. The summed E-state index contributed by atoms with van der Waals surface area (Å²) >= 11 is 8.93. The Hall–Kier alpha value is 1.00. The van der Waals surface area contributed by atoms with Crippen LogP contribution >= 0.6 is 16.6 Å². The van der Waals surface area contributed by atoms with Gasteiger partial charge >= 0.3 is 0 Å². The lowest BCUT2D eigenvalue weighted by atomic mass is 10.00. The van der Waals surface area contributed by atoms with Crippen molar-refractivity contribution in [2.45, 2.75) is 147 Å². The maximum atomic E-state index is 6.59. The van der Waals surface area contributed by atoms with Crippen molar-refractivity contribution in [2.24, 2.45) is 5.92 Å². The van der Waals surface area contributed by atoms with Crippen LogP contribution in [-0.4, -0.2) is 17.1 Å². The van der Waals surface area contributed by atoms with Gasteiger partial charge in [0.15, 0.2) is 0 Å². The van der Waals surface area contributed by atoms with Gasteiger partial charge in [-0.15, -0.1) is 11.4 Å². The molecule has 2 aliphatic carbocycles. The maximum Gasteiger partial charge on any atom is 0.0124 e. The minimum atomic E-state index is -1.20. The first-order valence-electron chi connectivity index (χ1n) is 12.9. The predicted molar refractivity (Wildman–Crippen MR) is 137 cm³/mol. The number of rotatable bonds is 14. The Morgan fingerprint density at radius 2 is 1.11 bits per heavy atom. The fraction of sp³-hybridized carbons (Fsp3) is 1.00. The minimum Gasteiger partial charge on any atom is -0.123 e. The smallest absolute Gasteiger partial charge is 0.0124 e. The Bertz CT molecular complexity index is 400. The van der Waals surface area contributed by atoms with E-state index >= 15 is 0 Å². The summed E-state index contributed by atoms with van der Waals surface area (Å²) in [5.74, 6) is 2.26. The molecule has 0 spiro atoms. The zero-order valence-corrected chi connectivity index (χ0v) is 21.7. The highest BCUT2D eigenvalue weighted by atomic mass is 32.9. The summed E-state index contributed by atoms with van der Waals surface area (Å²) < 4.78 is 0. The van der Waals surface area contributed by atoms with E-state index in [0.717, 1.165) is 17.2 Å². The number of unbranched alkanes of at least 4 members (excludes halogenated alkanes) is 7. The van der Waals surface area contributed by atoms with Crippen LogP contribution in [-0.2, 0) is 11.8 Å². The van der Waals surface area contributed by atoms with Gasteiger partial charge in [0.2, 0.25) is 0 Å². The van der Waals surface area contributed by atoms with Crippen LogP contribution in [0.15, 0.2) is 0 Å². The second kappa shape index (κ2) is 14.9. The van der Waals surface area contributed by atoms with E-state index in [-0.39, 0.29) is 0 Å². The molecule has 0 radical (unpaired) electrons. The first-order chi connectivity index (χ1) is 13.6. The molecule has 0 N–H and O–H groups in total. The molecule has 0 aromatic heterocycles. The van der Waals surface area contributed by atoms with Gasteiger partial charge in [-0.3, -0.25) is 0 Å². The molecule has 0 saturated heterocycles. The van der Waals surface area contributed by atoms with Gasteiger partial charge in [-0.2, -0.15) is 0 Å². The Morgan fingerprint density at radius 1 is 0.679 bits per heavy atom. The third-order valence-corrected chi connectivity index (χ3v) is 17.4. The molecule has 0 aromatic carbocycles. The SMILES string of the molecule is CC(C)CCCCCCCCCCSP(=S)(C1CCCCC1)C1CCCCC1. The molecule has 0 aromatic rings. The monoisotopic (exact) mass is 444 g/mol. The van der Waals surface area contributed by atoms with E-state index < -0.39 is 5.24 Å². The van der Waals surface area contributed by atoms with Crippen molar-refractivity contribution in [1.29, 1.82) is 0 Å². The quantitative estimate of drug-likeness (QED) is 0.193. The second-order valence-corrected chi connectivity index (χ2v) is 18.6. The number of hydrogen-bond donors (Lipinski definition) is 0. The van der Waals surface area contributed by atoms with Crippen molar-refractivity contribution < 1.29 is 0 Å². The molecule has 0 unspecified atom stereocenters. The molecule has 2 saturated carbocycles. The molecule has 0 atom stereocenters. The van der Waals surface area contributed by atoms with Crippen molar-refractivity contribution in [2.75, 3.05) is 5.75 Å². The fourth-order valence-electron chi connectivity index (χ4n) is 5.31. The van der Waals surface area contributed by atoms with E-state index in [1.54, 1.807) is 0 Å². The summed E-state index contributed by atoms with van der Waals surface area (Å²) in [6.45, 7) is 4.70. The third-order valence-electron chi connectivity index (χ3n) is 7.14. The molecule has 3 heteroatoms. The standard InChI is InChI=1S/C25H49PS2/c1-23(2)17-11-7-5-3-4-6-8-16-22-28-26(27,24-18-12-9-13-19-24)25-20-14-10-15-21-25/h23-25H,3-22H2,1-2H3. The Labute approximate surface area is 186 Å². The average Bonchev–Trinajstić information content (AvgIpc) is 2.73. The van der Waals surface area contributed by atoms with Crippen LogP contribution in [0, 0.1) is 5.92 Å². The summed E-state index contributed by atoms with van der Waals surface area (Å²) in [4.78, 5) is 0. The van der Waals surface area contributed by atoms with Crippen LogP contribution in [0.25, 0.3) is 0 Å². The van der Waals surface area contributed by atoms with Crippen molar-refractivity contribution >= 4 is 28.4 Å². The fourth-order valence-corrected chi connectivity index (χ4v) is 14.8. The summed E-state index contributed by atoms with van der Waals surface area (Å²) in [5, 5.41) is -1.20. The van der Waals surface area contributed by atoms with Crippen molar-refractivity contribution in [3.05, 3.63) is 0 Å². The Balaban J connectivity index is 1.60. The maximum absolute atomic E-state index is 6.59. The third kappa shape index (κ3) is 9.43. The van der Waals surface area contributed by atoms with Gasteiger partial charge in [-0.05, 0) is 55.1 Å². The molecule has 0 heterocycles. The highest BCUT2D eigenvalue weighted by Crippen LogP contribution is 2.71. The molecule has 2 fully saturated rings. The molecule has 0 nitrogen and oxygen atoms in total. The lowest BCUT2D eigenvalue weighted by Gasteiger charge is -2.41. The molecule has 0 bridgehead atoms. The lowest BCUT2D eigenvalue weighted by Crippen LogP contribution is -2.22. The highest BCUT2D eigenvalue weighted by Gasteiger charge is 2.37. The van der Waals surface area contributed by atoms with Gasteiger partial charge in [0.1, 0.15) is 0 Å². The molecule has 2 rings (SSSR count). The summed E-state index contributed by atoms with van der Waals surface area (Å²) in [5.41, 5.74) is 1.88. The Morgan fingerprint density at radius 3 is 1.57 bits per heavy atom. The van der Waals surface area contributed by atoms with E-state index in [2.05, 4.69) is 25.2 Å². The predicted octanol–water partition coefficient (Wildman–Crippen LogP) is 9.95. The molecular weight excluding hydrogens is 395 g/mol. The lowest BCUT2D eigenvalue weighted by molar-refractivity contribution is 0.488. The molecule has 0 aliphatic heterocycles. The first kappa shape index (κ1) is 25.3. The normalized spacial score (nSPS) is 20.1. The van der Waals surface area contributed by atoms with Gasteiger partial charge in [0, 0.05) is 5.24 Å². The largest absolute Gasteiger partial charge is 0.123 e. The van der Waals surface area contributed by atoms with Crippen molar-refractivity contribution in [3.8, 4) is 0 Å². The second-order valence-electron chi connectivity index (χ2n) is 10.1. The van der Waals surface area contributed by atoms with Gasteiger partial charge in [-0.25, -0.2) is 0 Å². The molecule has 166 valence electrons. The van der Waals surface area contributed by atoms with E-state index in [9.17, 15) is 0 Å². The first-order valence-corrected chi connectivity index (χ1v) is 17.4. The topological polar surface area (TPSA) is 0 Å². The highest BCUT2D eigenvalue weighted by molar-refractivity contribution is 8.71. The van der Waals surface area contributed by atoms with Crippen molar-refractivity contribution in [3.63, 3.8) is 0 Å². The van der Waals surface area contributed by atoms with Crippen LogP contribution in [0.5, 0.6) is 0 Å². The van der Waals surface area contributed by atoms with E-state index in [1.807, 2.05) is 0 Å². The van der Waals surface area contributed by atoms with Crippen LogP contribution < -0.4 is 0 Å². The minimum absolute atomic E-state index is 0.888. The van der Waals surface area contributed by atoms with E-state index in [1.165, 1.54) is 128 Å². The van der Waals surface area contributed by atoms with E-state index in [0.29, 0.717) is 0 Å². The molecule has 28 heavy (non-hydrogen) atoms. The number of hydrogen-bond acceptors (Lipinski definition) is 2. The average molecular weight is 445 g/mol. The molecular formula is C25H49PS2. The zero-order chi connectivity index (χ0) is 20.1. The molecule has 2 aliphatic rings.